The van der Waals surface area contributed by atoms with Crippen molar-refractivity contribution in [2.45, 2.75) is 26.7 Å². The van der Waals surface area contributed by atoms with E-state index in [2.05, 4.69) is 5.32 Å². The van der Waals surface area contributed by atoms with Gasteiger partial charge in [-0.25, -0.2) is 0 Å². The maximum atomic E-state index is 11.7. The maximum Gasteiger partial charge on any atom is 0.220 e. The van der Waals surface area contributed by atoms with Crippen LogP contribution < -0.4 is 19.5 Å². The van der Waals surface area contributed by atoms with E-state index in [1.54, 1.807) is 27.4 Å². The lowest BCUT2D eigenvalue weighted by Crippen LogP contribution is -2.26. The van der Waals surface area contributed by atoms with E-state index < -0.39 is 0 Å². The zero-order chi connectivity index (χ0) is 15.8. The highest BCUT2D eigenvalue weighted by Crippen LogP contribution is 2.35. The molecular formula is C16H25NO4. The first-order valence-electron chi connectivity index (χ1n) is 7.07. The Morgan fingerprint density at radius 3 is 2.38 bits per heavy atom. The van der Waals surface area contributed by atoms with E-state index in [1.807, 2.05) is 19.9 Å². The molecule has 0 aliphatic heterocycles. The van der Waals surface area contributed by atoms with Gasteiger partial charge in [0.15, 0.2) is 11.5 Å². The van der Waals surface area contributed by atoms with Gasteiger partial charge in [-0.05, 0) is 18.4 Å². The van der Waals surface area contributed by atoms with Gasteiger partial charge in [-0.15, -0.1) is 0 Å². The number of methoxy groups -OCH3 is 3. The van der Waals surface area contributed by atoms with E-state index in [-0.39, 0.29) is 5.91 Å². The van der Waals surface area contributed by atoms with Gasteiger partial charge in [-0.1, -0.05) is 13.8 Å². The van der Waals surface area contributed by atoms with Gasteiger partial charge in [0.2, 0.25) is 5.91 Å². The van der Waals surface area contributed by atoms with Gasteiger partial charge in [0, 0.05) is 24.6 Å². The molecule has 0 bridgehead atoms. The summed E-state index contributed by atoms with van der Waals surface area (Å²) in [5, 5.41) is 2.91. The maximum absolute atomic E-state index is 11.7. The topological polar surface area (TPSA) is 56.8 Å². The lowest BCUT2D eigenvalue weighted by molar-refractivity contribution is -0.121. The number of rotatable bonds is 8. The molecule has 0 heterocycles. The fourth-order valence-corrected chi connectivity index (χ4v) is 2.10. The summed E-state index contributed by atoms with van der Waals surface area (Å²) in [6.07, 6.45) is 1.19. The zero-order valence-electron chi connectivity index (χ0n) is 13.5. The molecule has 0 aromatic heterocycles. The van der Waals surface area contributed by atoms with E-state index in [0.717, 1.165) is 5.56 Å². The number of benzene rings is 1. The fourth-order valence-electron chi connectivity index (χ4n) is 2.10. The van der Waals surface area contributed by atoms with Crippen molar-refractivity contribution >= 4 is 5.91 Å². The van der Waals surface area contributed by atoms with Crippen molar-refractivity contribution in [3.8, 4) is 17.2 Å². The van der Waals surface area contributed by atoms with Crippen LogP contribution >= 0.6 is 0 Å². The van der Waals surface area contributed by atoms with E-state index in [9.17, 15) is 4.79 Å². The molecule has 1 aromatic carbocycles. The van der Waals surface area contributed by atoms with Crippen molar-refractivity contribution in [3.63, 3.8) is 0 Å². The third-order valence-electron chi connectivity index (χ3n) is 3.08. The third-order valence-corrected chi connectivity index (χ3v) is 3.08. The van der Waals surface area contributed by atoms with Crippen molar-refractivity contribution in [1.82, 2.24) is 5.32 Å². The molecule has 1 N–H and O–H groups in total. The van der Waals surface area contributed by atoms with E-state index in [1.165, 1.54) is 0 Å². The van der Waals surface area contributed by atoms with Crippen molar-refractivity contribution < 1.29 is 19.0 Å². The Morgan fingerprint density at radius 2 is 1.86 bits per heavy atom. The van der Waals surface area contributed by atoms with Crippen LogP contribution in [-0.4, -0.2) is 33.8 Å². The molecule has 118 valence electrons. The highest BCUT2D eigenvalue weighted by Gasteiger charge is 2.13. The SMILES string of the molecule is COc1cc(CCNC(=O)CC(C)C)c(OC)c(OC)c1. The molecule has 1 rings (SSSR count). The smallest absolute Gasteiger partial charge is 0.220 e. The predicted molar refractivity (Wildman–Crippen MR) is 82.3 cm³/mol. The summed E-state index contributed by atoms with van der Waals surface area (Å²) < 4.78 is 16.0. The minimum Gasteiger partial charge on any atom is -0.497 e. The summed E-state index contributed by atoms with van der Waals surface area (Å²) in [6, 6.07) is 3.68. The Morgan fingerprint density at radius 1 is 1.14 bits per heavy atom. The average molecular weight is 295 g/mol. The van der Waals surface area contributed by atoms with Crippen LogP contribution in [0, 0.1) is 5.92 Å². The summed E-state index contributed by atoms with van der Waals surface area (Å²) in [6.45, 7) is 4.60. The summed E-state index contributed by atoms with van der Waals surface area (Å²) in [5.74, 6) is 2.43. The molecule has 0 atom stereocenters. The van der Waals surface area contributed by atoms with Crippen LogP contribution in [0.25, 0.3) is 0 Å². The number of carbonyl (C=O) groups excluding carboxylic acids is 1. The number of amides is 1. The summed E-state index contributed by atoms with van der Waals surface area (Å²) in [7, 11) is 4.80. The number of carbonyl (C=O) groups is 1. The Kier molecular flexibility index (Phi) is 6.85. The monoisotopic (exact) mass is 295 g/mol. The van der Waals surface area contributed by atoms with Crippen LogP contribution in [0.3, 0.4) is 0 Å². The van der Waals surface area contributed by atoms with Gasteiger partial charge in [0.05, 0.1) is 21.3 Å². The van der Waals surface area contributed by atoms with Crippen LogP contribution in [0.5, 0.6) is 17.2 Å². The number of hydrogen-bond donors (Lipinski definition) is 1. The van der Waals surface area contributed by atoms with Gasteiger partial charge < -0.3 is 19.5 Å². The highest BCUT2D eigenvalue weighted by molar-refractivity contribution is 5.76. The predicted octanol–water partition coefficient (Wildman–Crippen LogP) is 2.42. The van der Waals surface area contributed by atoms with Crippen molar-refractivity contribution in [2.75, 3.05) is 27.9 Å². The van der Waals surface area contributed by atoms with Crippen LogP contribution in [0.2, 0.25) is 0 Å². The molecule has 0 saturated heterocycles. The molecule has 0 fully saturated rings. The number of ether oxygens (including phenoxy) is 3. The van der Waals surface area contributed by atoms with Crippen LogP contribution in [-0.2, 0) is 11.2 Å². The van der Waals surface area contributed by atoms with Crippen molar-refractivity contribution in [2.24, 2.45) is 5.92 Å². The molecule has 0 aliphatic rings. The minimum absolute atomic E-state index is 0.0684. The fraction of sp³-hybridized carbons (Fsp3) is 0.562. The zero-order valence-corrected chi connectivity index (χ0v) is 13.5. The lowest BCUT2D eigenvalue weighted by Gasteiger charge is -2.15. The van der Waals surface area contributed by atoms with Crippen molar-refractivity contribution in [1.29, 1.82) is 0 Å². The first-order chi connectivity index (χ1) is 10.0. The summed E-state index contributed by atoms with van der Waals surface area (Å²) >= 11 is 0. The second-order valence-electron chi connectivity index (χ2n) is 5.22. The minimum atomic E-state index is 0.0684. The molecule has 1 aromatic rings. The first kappa shape index (κ1) is 17.1. The Bertz CT molecular complexity index is 472. The number of hydrogen-bond acceptors (Lipinski definition) is 4. The van der Waals surface area contributed by atoms with Crippen LogP contribution in [0.4, 0.5) is 0 Å². The van der Waals surface area contributed by atoms with E-state index in [4.69, 9.17) is 14.2 Å². The normalized spacial score (nSPS) is 10.4. The molecule has 0 radical (unpaired) electrons. The third kappa shape index (κ3) is 5.17. The van der Waals surface area contributed by atoms with Gasteiger partial charge >= 0.3 is 0 Å². The molecule has 5 nitrogen and oxygen atoms in total. The highest BCUT2D eigenvalue weighted by atomic mass is 16.5. The molecule has 5 heteroatoms. The van der Waals surface area contributed by atoms with Gasteiger partial charge in [0.25, 0.3) is 0 Å². The van der Waals surface area contributed by atoms with E-state index in [0.29, 0.717) is 42.6 Å². The average Bonchev–Trinajstić information content (AvgIpc) is 2.45. The van der Waals surface area contributed by atoms with Crippen LogP contribution in [0.15, 0.2) is 12.1 Å². The van der Waals surface area contributed by atoms with Gasteiger partial charge in [0.1, 0.15) is 5.75 Å². The number of nitrogens with one attached hydrogen (secondary N) is 1. The molecule has 0 spiro atoms. The van der Waals surface area contributed by atoms with Crippen LogP contribution in [0.1, 0.15) is 25.8 Å². The summed E-state index contributed by atoms with van der Waals surface area (Å²) in [4.78, 5) is 11.7. The molecule has 21 heavy (non-hydrogen) atoms. The molecule has 1 amide bonds. The Labute approximate surface area is 126 Å². The Balaban J connectivity index is 2.75. The van der Waals surface area contributed by atoms with Gasteiger partial charge in [-0.3, -0.25) is 4.79 Å². The van der Waals surface area contributed by atoms with E-state index >= 15 is 0 Å². The Hall–Kier alpha value is -1.91. The lowest BCUT2D eigenvalue weighted by atomic mass is 10.1. The largest absolute Gasteiger partial charge is 0.497 e. The first-order valence-corrected chi connectivity index (χ1v) is 7.07. The van der Waals surface area contributed by atoms with Gasteiger partial charge in [-0.2, -0.15) is 0 Å². The van der Waals surface area contributed by atoms with Crippen molar-refractivity contribution in [3.05, 3.63) is 17.7 Å². The quantitative estimate of drug-likeness (QED) is 0.800. The molecule has 0 unspecified atom stereocenters. The molecule has 0 aliphatic carbocycles. The molecule has 0 saturated carbocycles. The summed E-state index contributed by atoms with van der Waals surface area (Å²) in [5.41, 5.74) is 0.943. The standard InChI is InChI=1S/C16H25NO4/c1-11(2)8-15(18)17-7-6-12-9-13(19-3)10-14(20-4)16(12)21-5/h9-11H,6-8H2,1-5H3,(H,17,18). The second kappa shape index (κ2) is 8.39. The molecular weight excluding hydrogens is 270 g/mol. The second-order valence-corrected chi connectivity index (χ2v) is 5.22.